The van der Waals surface area contributed by atoms with Crippen LogP contribution in [0.5, 0.6) is 11.6 Å². The van der Waals surface area contributed by atoms with Crippen LogP contribution in [0.25, 0.3) is 11.3 Å². The average molecular weight is 540 g/mol. The van der Waals surface area contributed by atoms with E-state index in [9.17, 15) is 13.2 Å². The van der Waals surface area contributed by atoms with E-state index >= 15 is 0 Å². The Bertz CT molecular complexity index is 1500. The summed E-state index contributed by atoms with van der Waals surface area (Å²) < 4.78 is 42.2. The Morgan fingerprint density at radius 3 is 2.66 bits per heavy atom. The molecule has 2 N–H and O–H groups in total. The number of rotatable bonds is 6. The van der Waals surface area contributed by atoms with Gasteiger partial charge in [0.1, 0.15) is 23.8 Å². The van der Waals surface area contributed by atoms with Gasteiger partial charge in [-0.25, -0.2) is 23.4 Å². The number of nitrogens with one attached hydrogen (secondary N) is 2. The lowest BCUT2D eigenvalue weighted by Gasteiger charge is -2.31. The van der Waals surface area contributed by atoms with Gasteiger partial charge in [0.05, 0.1) is 18.0 Å². The lowest BCUT2D eigenvalue weighted by molar-refractivity contribution is -0.114. The van der Waals surface area contributed by atoms with Crippen molar-refractivity contribution in [3.63, 3.8) is 0 Å². The van der Waals surface area contributed by atoms with Gasteiger partial charge in [0.15, 0.2) is 20.6 Å². The topological polar surface area (TPSA) is 142 Å². The zero-order valence-electron chi connectivity index (χ0n) is 21.6. The summed E-state index contributed by atoms with van der Waals surface area (Å²) in [7, 11) is -3.58. The van der Waals surface area contributed by atoms with E-state index in [4.69, 9.17) is 14.2 Å². The highest BCUT2D eigenvalue weighted by atomic mass is 32.2. The van der Waals surface area contributed by atoms with Crippen LogP contribution in [0.4, 0.5) is 17.3 Å². The molecule has 0 radical (unpaired) electrons. The molecule has 1 amide bonds. The van der Waals surface area contributed by atoms with Crippen LogP contribution in [0.1, 0.15) is 38.7 Å². The van der Waals surface area contributed by atoms with Gasteiger partial charge < -0.3 is 24.8 Å². The molecule has 5 rings (SSSR count). The van der Waals surface area contributed by atoms with Crippen LogP contribution in [0.3, 0.4) is 0 Å². The van der Waals surface area contributed by atoms with Crippen LogP contribution < -0.4 is 20.1 Å². The van der Waals surface area contributed by atoms with Crippen LogP contribution in [0.2, 0.25) is 0 Å². The first kappa shape index (κ1) is 25.9. The number of fused-ring (bicyclic) bond motifs is 1. The van der Waals surface area contributed by atoms with Crippen LogP contribution in [-0.4, -0.2) is 61.0 Å². The molecule has 11 nitrogen and oxygen atoms in total. The normalized spacial score (nSPS) is 18.2. The molecule has 3 aromatic rings. The van der Waals surface area contributed by atoms with Gasteiger partial charge in [-0.1, -0.05) is 0 Å². The number of carbonyl (C=O) groups is 1. The quantitative estimate of drug-likeness (QED) is 0.476. The van der Waals surface area contributed by atoms with Crippen LogP contribution in [0.15, 0.2) is 41.6 Å². The molecule has 0 bridgehead atoms. The molecule has 2 aliphatic heterocycles. The molecule has 12 heteroatoms. The van der Waals surface area contributed by atoms with Crippen molar-refractivity contribution >= 4 is 33.1 Å². The van der Waals surface area contributed by atoms with Crippen molar-refractivity contribution in [3.05, 3.63) is 42.1 Å². The molecular weight excluding hydrogens is 510 g/mol. The number of hydrogen-bond donors (Lipinski definition) is 2. The highest BCUT2D eigenvalue weighted by Crippen LogP contribution is 2.38. The van der Waals surface area contributed by atoms with E-state index in [0.29, 0.717) is 60.0 Å². The third-order valence-electron chi connectivity index (χ3n) is 6.12. The second-order valence-corrected chi connectivity index (χ2v) is 12.0. The SMILES string of the molecule is CC(=O)Nc1cc(Nc2cc([C@H]3CCOC3)cc(S(C)(=O)=O)n2)c(-c2ccc3c(n2)OCC(C)(C)O3)cn1. The fraction of sp³-hybridized carbons (Fsp3) is 0.385. The Morgan fingerprint density at radius 1 is 1.13 bits per heavy atom. The number of pyridine rings is 3. The number of amides is 1. The van der Waals surface area contributed by atoms with E-state index in [1.807, 2.05) is 19.9 Å². The summed E-state index contributed by atoms with van der Waals surface area (Å²) in [6, 6.07) is 8.62. The molecule has 3 aromatic heterocycles. The minimum absolute atomic E-state index is 0.0397. The van der Waals surface area contributed by atoms with E-state index < -0.39 is 15.4 Å². The Labute approximate surface area is 220 Å². The van der Waals surface area contributed by atoms with Crippen molar-refractivity contribution in [3.8, 4) is 22.9 Å². The minimum atomic E-state index is -3.58. The third-order valence-corrected chi connectivity index (χ3v) is 7.09. The van der Waals surface area contributed by atoms with Gasteiger partial charge in [-0.3, -0.25) is 4.79 Å². The summed E-state index contributed by atoms with van der Waals surface area (Å²) in [5.74, 6) is 1.32. The van der Waals surface area contributed by atoms with E-state index in [2.05, 4.69) is 25.6 Å². The average Bonchev–Trinajstić information content (AvgIpc) is 3.38. The lowest BCUT2D eigenvalue weighted by atomic mass is 9.99. The molecule has 2 aliphatic rings. The fourth-order valence-corrected chi connectivity index (χ4v) is 4.90. The predicted octanol–water partition coefficient (Wildman–Crippen LogP) is 3.70. The first-order valence-corrected chi connectivity index (χ1v) is 14.0. The van der Waals surface area contributed by atoms with Crippen LogP contribution in [0, 0.1) is 0 Å². The number of aromatic nitrogens is 3. The van der Waals surface area contributed by atoms with Crippen molar-refractivity contribution < 1.29 is 27.4 Å². The molecule has 5 heterocycles. The molecule has 0 aliphatic carbocycles. The second kappa shape index (κ2) is 9.84. The summed E-state index contributed by atoms with van der Waals surface area (Å²) in [4.78, 5) is 25.0. The number of carbonyl (C=O) groups excluding carboxylic acids is 1. The van der Waals surface area contributed by atoms with Gasteiger partial charge in [0.2, 0.25) is 5.91 Å². The van der Waals surface area contributed by atoms with Gasteiger partial charge in [0.25, 0.3) is 5.88 Å². The Hall–Kier alpha value is -3.77. The second-order valence-electron chi connectivity index (χ2n) is 10.0. The largest absolute Gasteiger partial charge is 0.479 e. The zero-order valence-corrected chi connectivity index (χ0v) is 22.4. The highest BCUT2D eigenvalue weighted by Gasteiger charge is 2.29. The van der Waals surface area contributed by atoms with Crippen molar-refractivity contribution in [2.24, 2.45) is 0 Å². The smallest absolute Gasteiger partial charge is 0.257 e. The molecule has 0 unspecified atom stereocenters. The minimum Gasteiger partial charge on any atom is -0.479 e. The summed E-state index contributed by atoms with van der Waals surface area (Å²) in [6.45, 7) is 6.72. The summed E-state index contributed by atoms with van der Waals surface area (Å²) in [5, 5.41) is 5.87. The molecule has 1 fully saturated rings. The fourth-order valence-electron chi connectivity index (χ4n) is 4.29. The lowest BCUT2D eigenvalue weighted by Crippen LogP contribution is -2.39. The van der Waals surface area contributed by atoms with Gasteiger partial charge in [-0.05, 0) is 50.1 Å². The Kier molecular flexibility index (Phi) is 6.70. The molecule has 200 valence electrons. The number of nitrogens with zero attached hydrogens (tertiary/aromatic N) is 3. The van der Waals surface area contributed by atoms with Gasteiger partial charge in [-0.2, -0.15) is 0 Å². The molecule has 0 aromatic carbocycles. The summed E-state index contributed by atoms with van der Waals surface area (Å²) in [5.41, 5.74) is 1.99. The summed E-state index contributed by atoms with van der Waals surface area (Å²) in [6.07, 6.45) is 3.49. The molecular formula is C26H29N5O6S. The van der Waals surface area contributed by atoms with Gasteiger partial charge in [0, 0.05) is 43.5 Å². The first-order valence-electron chi connectivity index (χ1n) is 12.1. The van der Waals surface area contributed by atoms with Crippen LogP contribution in [-0.2, 0) is 19.4 Å². The molecule has 1 atom stereocenters. The number of anilines is 3. The summed E-state index contributed by atoms with van der Waals surface area (Å²) >= 11 is 0. The molecule has 38 heavy (non-hydrogen) atoms. The predicted molar refractivity (Wildman–Crippen MR) is 141 cm³/mol. The van der Waals surface area contributed by atoms with Crippen molar-refractivity contribution in [2.45, 2.75) is 43.7 Å². The van der Waals surface area contributed by atoms with E-state index in [-0.39, 0.29) is 16.9 Å². The van der Waals surface area contributed by atoms with E-state index in [0.717, 1.165) is 18.2 Å². The van der Waals surface area contributed by atoms with Crippen molar-refractivity contribution in [1.82, 2.24) is 15.0 Å². The van der Waals surface area contributed by atoms with Crippen molar-refractivity contribution in [1.29, 1.82) is 0 Å². The maximum atomic E-state index is 12.4. The number of ether oxygens (including phenoxy) is 3. The first-order chi connectivity index (χ1) is 18.0. The maximum Gasteiger partial charge on any atom is 0.257 e. The zero-order chi connectivity index (χ0) is 27.1. The molecule has 1 saturated heterocycles. The number of hydrogen-bond acceptors (Lipinski definition) is 10. The standard InChI is InChI=1S/C26H29N5O6S/c1-15(32)28-22-11-20(18(12-27-22)19-5-6-21-25(30-19)36-14-26(2,3)37-21)29-23-9-17(16-7-8-35-13-16)10-24(31-23)38(4,33)34/h5-6,9-12,16H,7-8,13-14H2,1-4H3,(H2,27,28,29,31,32)/t16-/m0/s1. The van der Waals surface area contributed by atoms with Crippen LogP contribution >= 0.6 is 0 Å². The van der Waals surface area contributed by atoms with Crippen molar-refractivity contribution in [2.75, 3.05) is 36.7 Å². The van der Waals surface area contributed by atoms with E-state index in [1.165, 1.54) is 6.92 Å². The Morgan fingerprint density at radius 2 is 1.95 bits per heavy atom. The maximum absolute atomic E-state index is 12.4. The highest BCUT2D eigenvalue weighted by molar-refractivity contribution is 7.90. The molecule has 0 spiro atoms. The van der Waals surface area contributed by atoms with E-state index in [1.54, 1.807) is 30.5 Å². The van der Waals surface area contributed by atoms with Gasteiger partial charge >= 0.3 is 0 Å². The molecule has 0 saturated carbocycles. The van der Waals surface area contributed by atoms with Gasteiger partial charge in [-0.15, -0.1) is 0 Å². The third kappa shape index (κ3) is 5.70. The number of sulfone groups is 1. The monoisotopic (exact) mass is 539 g/mol. The Balaban J connectivity index is 1.57.